The van der Waals surface area contributed by atoms with Crippen molar-refractivity contribution in [2.24, 2.45) is 10.8 Å². The number of nitrogens with zero attached hydrogens (tertiary/aromatic N) is 3. The molecule has 2 N–H and O–H groups in total. The molecule has 0 aliphatic carbocycles. The molecule has 1 aliphatic rings. The second-order valence-electron chi connectivity index (χ2n) is 5.12. The molecular weight excluding hydrogens is 276 g/mol. The summed E-state index contributed by atoms with van der Waals surface area (Å²) < 4.78 is 5.50. The van der Waals surface area contributed by atoms with Crippen LogP contribution in [-0.4, -0.2) is 23.8 Å². The first kappa shape index (κ1) is 14.5. The van der Waals surface area contributed by atoms with E-state index in [0.717, 1.165) is 23.7 Å². The van der Waals surface area contributed by atoms with Crippen LogP contribution in [0.2, 0.25) is 0 Å². The summed E-state index contributed by atoms with van der Waals surface area (Å²) in [5.74, 6) is 1.72. The number of rotatable bonds is 5. The highest BCUT2D eigenvalue weighted by molar-refractivity contribution is 5.90. The molecule has 0 amide bonds. The van der Waals surface area contributed by atoms with E-state index < -0.39 is 0 Å². The highest BCUT2D eigenvalue weighted by Gasteiger charge is 2.29. The normalized spacial score (nSPS) is 17.5. The molecule has 1 aromatic heterocycles. The SMILES string of the molecule is CCOc1ccc(C2CC(CN)=NN2c2ccccn2)cc1. The van der Waals surface area contributed by atoms with Crippen molar-refractivity contribution >= 4 is 11.5 Å². The van der Waals surface area contributed by atoms with Crippen LogP contribution >= 0.6 is 0 Å². The number of pyridine rings is 1. The summed E-state index contributed by atoms with van der Waals surface area (Å²) in [6.07, 6.45) is 2.60. The smallest absolute Gasteiger partial charge is 0.149 e. The number of hydrogen-bond acceptors (Lipinski definition) is 5. The molecular formula is C17H20N4O. The van der Waals surface area contributed by atoms with E-state index in [1.165, 1.54) is 5.56 Å². The van der Waals surface area contributed by atoms with Crippen molar-refractivity contribution in [1.29, 1.82) is 0 Å². The van der Waals surface area contributed by atoms with E-state index in [-0.39, 0.29) is 6.04 Å². The zero-order valence-corrected chi connectivity index (χ0v) is 12.6. The number of aromatic nitrogens is 1. The Labute approximate surface area is 130 Å². The Morgan fingerprint density at radius 1 is 1.23 bits per heavy atom. The zero-order chi connectivity index (χ0) is 15.4. The number of hydrogen-bond donors (Lipinski definition) is 1. The molecule has 1 atom stereocenters. The van der Waals surface area contributed by atoms with Crippen LogP contribution in [0.3, 0.4) is 0 Å². The van der Waals surface area contributed by atoms with Crippen molar-refractivity contribution in [2.45, 2.75) is 19.4 Å². The van der Waals surface area contributed by atoms with Crippen LogP contribution < -0.4 is 15.5 Å². The van der Waals surface area contributed by atoms with E-state index in [9.17, 15) is 0 Å². The largest absolute Gasteiger partial charge is 0.494 e. The van der Waals surface area contributed by atoms with Gasteiger partial charge in [0, 0.05) is 19.2 Å². The maximum Gasteiger partial charge on any atom is 0.149 e. The minimum atomic E-state index is 0.129. The fraction of sp³-hybridized carbons (Fsp3) is 0.294. The molecule has 1 aliphatic heterocycles. The summed E-state index contributed by atoms with van der Waals surface area (Å²) in [6.45, 7) is 3.12. The summed E-state index contributed by atoms with van der Waals surface area (Å²) >= 11 is 0. The van der Waals surface area contributed by atoms with E-state index in [2.05, 4.69) is 22.2 Å². The van der Waals surface area contributed by atoms with E-state index in [4.69, 9.17) is 10.5 Å². The van der Waals surface area contributed by atoms with Gasteiger partial charge in [0.15, 0.2) is 0 Å². The highest BCUT2D eigenvalue weighted by Crippen LogP contribution is 2.34. The lowest BCUT2D eigenvalue weighted by atomic mass is 10.0. The van der Waals surface area contributed by atoms with Gasteiger partial charge >= 0.3 is 0 Å². The zero-order valence-electron chi connectivity index (χ0n) is 12.6. The molecule has 22 heavy (non-hydrogen) atoms. The van der Waals surface area contributed by atoms with Crippen molar-refractivity contribution in [2.75, 3.05) is 18.2 Å². The molecule has 0 saturated heterocycles. The average Bonchev–Trinajstić information content (AvgIpc) is 3.01. The summed E-state index contributed by atoms with van der Waals surface area (Å²) in [4.78, 5) is 4.41. The van der Waals surface area contributed by atoms with Crippen molar-refractivity contribution in [3.8, 4) is 5.75 Å². The van der Waals surface area contributed by atoms with Gasteiger partial charge in [-0.3, -0.25) is 0 Å². The van der Waals surface area contributed by atoms with Gasteiger partial charge in [-0.25, -0.2) is 9.99 Å². The summed E-state index contributed by atoms with van der Waals surface area (Å²) in [5, 5.41) is 6.58. The Morgan fingerprint density at radius 2 is 2.05 bits per heavy atom. The van der Waals surface area contributed by atoms with Gasteiger partial charge in [-0.1, -0.05) is 18.2 Å². The topological polar surface area (TPSA) is 63.7 Å². The number of nitrogens with two attached hydrogens (primary N) is 1. The first-order chi connectivity index (χ1) is 10.8. The number of hydrazone groups is 1. The van der Waals surface area contributed by atoms with Gasteiger partial charge in [-0.15, -0.1) is 0 Å². The Balaban J connectivity index is 1.88. The molecule has 0 bridgehead atoms. The lowest BCUT2D eigenvalue weighted by molar-refractivity contribution is 0.340. The Morgan fingerprint density at radius 3 is 2.68 bits per heavy atom. The lowest BCUT2D eigenvalue weighted by Gasteiger charge is -2.23. The number of anilines is 1. The second kappa shape index (κ2) is 6.58. The summed E-state index contributed by atoms with van der Waals surface area (Å²) in [7, 11) is 0. The highest BCUT2D eigenvalue weighted by atomic mass is 16.5. The van der Waals surface area contributed by atoms with Crippen molar-refractivity contribution in [3.05, 3.63) is 54.2 Å². The van der Waals surface area contributed by atoms with Crippen LogP contribution in [0.15, 0.2) is 53.8 Å². The maximum absolute atomic E-state index is 5.78. The minimum Gasteiger partial charge on any atom is -0.494 e. The van der Waals surface area contributed by atoms with E-state index in [1.807, 2.05) is 42.3 Å². The Hall–Kier alpha value is -2.40. The molecule has 1 aromatic carbocycles. The van der Waals surface area contributed by atoms with E-state index >= 15 is 0 Å². The van der Waals surface area contributed by atoms with Crippen LogP contribution in [0.1, 0.15) is 24.9 Å². The molecule has 0 spiro atoms. The minimum absolute atomic E-state index is 0.129. The molecule has 2 heterocycles. The van der Waals surface area contributed by atoms with Gasteiger partial charge in [-0.2, -0.15) is 5.10 Å². The molecule has 5 heteroatoms. The predicted molar refractivity (Wildman–Crippen MR) is 88.2 cm³/mol. The van der Waals surface area contributed by atoms with Gasteiger partial charge in [-0.05, 0) is 36.8 Å². The van der Waals surface area contributed by atoms with Crippen LogP contribution in [0.4, 0.5) is 5.82 Å². The summed E-state index contributed by atoms with van der Waals surface area (Å²) in [6, 6.07) is 14.1. The monoisotopic (exact) mass is 296 g/mol. The molecule has 5 nitrogen and oxygen atoms in total. The fourth-order valence-electron chi connectivity index (χ4n) is 2.61. The molecule has 114 valence electrons. The predicted octanol–water partition coefficient (Wildman–Crippen LogP) is 2.75. The molecule has 0 saturated carbocycles. The fourth-order valence-corrected chi connectivity index (χ4v) is 2.61. The molecule has 2 aromatic rings. The van der Waals surface area contributed by atoms with Crippen molar-refractivity contribution in [3.63, 3.8) is 0 Å². The van der Waals surface area contributed by atoms with Crippen LogP contribution in [-0.2, 0) is 0 Å². The third kappa shape index (κ3) is 2.94. The lowest BCUT2D eigenvalue weighted by Crippen LogP contribution is -2.19. The average molecular weight is 296 g/mol. The van der Waals surface area contributed by atoms with Crippen molar-refractivity contribution in [1.82, 2.24) is 4.98 Å². The first-order valence-corrected chi connectivity index (χ1v) is 7.51. The van der Waals surface area contributed by atoms with Gasteiger partial charge in [0.05, 0.1) is 18.4 Å². The van der Waals surface area contributed by atoms with Gasteiger partial charge in [0.1, 0.15) is 11.6 Å². The number of ether oxygens (including phenoxy) is 1. The van der Waals surface area contributed by atoms with Gasteiger partial charge < -0.3 is 10.5 Å². The summed E-state index contributed by atoms with van der Waals surface area (Å²) in [5.41, 5.74) is 7.95. The number of benzene rings is 1. The molecule has 0 fully saturated rings. The Kier molecular flexibility index (Phi) is 4.34. The van der Waals surface area contributed by atoms with Crippen molar-refractivity contribution < 1.29 is 4.74 Å². The van der Waals surface area contributed by atoms with E-state index in [1.54, 1.807) is 6.20 Å². The van der Waals surface area contributed by atoms with Gasteiger partial charge in [0.2, 0.25) is 0 Å². The van der Waals surface area contributed by atoms with E-state index in [0.29, 0.717) is 13.2 Å². The quantitative estimate of drug-likeness (QED) is 0.921. The molecule has 1 unspecified atom stereocenters. The maximum atomic E-state index is 5.78. The Bertz CT molecular complexity index is 639. The second-order valence-corrected chi connectivity index (χ2v) is 5.12. The molecule has 0 radical (unpaired) electrons. The van der Waals surface area contributed by atoms with Crippen LogP contribution in [0.5, 0.6) is 5.75 Å². The third-order valence-electron chi connectivity index (χ3n) is 3.67. The third-order valence-corrected chi connectivity index (χ3v) is 3.67. The molecule has 3 rings (SSSR count). The van der Waals surface area contributed by atoms with Gasteiger partial charge in [0.25, 0.3) is 0 Å². The standard InChI is InChI=1S/C17H20N4O/c1-2-22-15-8-6-13(7-9-15)16-11-14(12-18)20-21(16)17-5-3-4-10-19-17/h3-10,16H,2,11-12,18H2,1H3. The first-order valence-electron chi connectivity index (χ1n) is 7.51. The van der Waals surface area contributed by atoms with Crippen LogP contribution in [0, 0.1) is 0 Å². The van der Waals surface area contributed by atoms with Crippen LogP contribution in [0.25, 0.3) is 0 Å².